The lowest BCUT2D eigenvalue weighted by molar-refractivity contribution is 0.196. The minimum Gasteiger partial charge on any atom is -0.389 e. The van der Waals surface area contributed by atoms with E-state index < -0.39 is 6.10 Å². The molecular formula is C13H13FOS2. The van der Waals surface area contributed by atoms with Crippen molar-refractivity contribution < 1.29 is 9.50 Å². The van der Waals surface area contributed by atoms with Crippen LogP contribution >= 0.6 is 23.1 Å². The van der Waals surface area contributed by atoms with E-state index in [0.29, 0.717) is 11.1 Å². The summed E-state index contributed by atoms with van der Waals surface area (Å²) in [4.78, 5) is 0.918. The van der Waals surface area contributed by atoms with Crippen LogP contribution in [0.4, 0.5) is 4.39 Å². The van der Waals surface area contributed by atoms with Crippen LogP contribution in [-0.2, 0) is 0 Å². The van der Waals surface area contributed by atoms with Crippen molar-refractivity contribution in [1.29, 1.82) is 0 Å². The van der Waals surface area contributed by atoms with E-state index in [4.69, 9.17) is 0 Å². The van der Waals surface area contributed by atoms with Gasteiger partial charge in [-0.1, -0.05) is 17.8 Å². The van der Waals surface area contributed by atoms with Crippen LogP contribution in [0.3, 0.4) is 0 Å². The molecule has 0 aliphatic rings. The van der Waals surface area contributed by atoms with Gasteiger partial charge in [0.05, 0.1) is 10.3 Å². The first-order valence-electron chi connectivity index (χ1n) is 5.27. The van der Waals surface area contributed by atoms with Gasteiger partial charge in [-0.05, 0) is 48.6 Å². The first-order valence-corrected chi connectivity index (χ1v) is 6.97. The third-order valence-corrected chi connectivity index (χ3v) is 4.56. The van der Waals surface area contributed by atoms with Crippen molar-refractivity contribution in [3.8, 4) is 0 Å². The maximum absolute atomic E-state index is 13.5. The Bertz CT molecular complexity index is 506. The molecule has 0 unspecified atom stereocenters. The lowest BCUT2D eigenvalue weighted by Crippen LogP contribution is -1.97. The number of rotatable bonds is 3. The highest BCUT2D eigenvalue weighted by atomic mass is 32.2. The van der Waals surface area contributed by atoms with Gasteiger partial charge in [-0.2, -0.15) is 0 Å². The summed E-state index contributed by atoms with van der Waals surface area (Å²) in [5.74, 6) is -0.267. The number of aryl methyl sites for hydroxylation is 1. The number of aliphatic hydroxyl groups excluding tert-OH is 1. The average molecular weight is 268 g/mol. The van der Waals surface area contributed by atoms with E-state index in [1.807, 2.05) is 17.5 Å². The monoisotopic (exact) mass is 268 g/mol. The van der Waals surface area contributed by atoms with Crippen molar-refractivity contribution in [2.45, 2.75) is 29.1 Å². The van der Waals surface area contributed by atoms with Crippen LogP contribution in [-0.4, -0.2) is 5.11 Å². The fraction of sp³-hybridized carbons (Fsp3) is 0.231. The van der Waals surface area contributed by atoms with Gasteiger partial charge in [-0.3, -0.25) is 0 Å². The van der Waals surface area contributed by atoms with Crippen LogP contribution in [0.15, 0.2) is 38.8 Å². The lowest BCUT2D eigenvalue weighted by Gasteiger charge is -2.12. The van der Waals surface area contributed by atoms with E-state index in [1.165, 1.54) is 6.07 Å². The summed E-state index contributed by atoms with van der Waals surface area (Å²) in [6.45, 7) is 3.39. The minimum absolute atomic E-state index is 0.267. The zero-order valence-electron chi connectivity index (χ0n) is 9.61. The standard InChI is InChI=1S/C13H13FOS2/c1-8-6-12(17-13-4-3-5-16-13)10(9(2)15)7-11(8)14/h3-7,9,15H,1-2H3/t9-/m1/s1. The molecule has 1 aromatic carbocycles. The molecule has 1 heterocycles. The van der Waals surface area contributed by atoms with Gasteiger partial charge in [0.1, 0.15) is 5.82 Å². The highest BCUT2D eigenvalue weighted by Gasteiger charge is 2.13. The van der Waals surface area contributed by atoms with Crippen LogP contribution in [0.25, 0.3) is 0 Å². The Kier molecular flexibility index (Phi) is 3.86. The number of hydrogen-bond donors (Lipinski definition) is 1. The Hall–Kier alpha value is -0.840. The van der Waals surface area contributed by atoms with E-state index in [1.54, 1.807) is 43.0 Å². The predicted molar refractivity (Wildman–Crippen MR) is 70.2 cm³/mol. The first-order chi connectivity index (χ1) is 8.08. The van der Waals surface area contributed by atoms with Crippen molar-refractivity contribution in [2.24, 2.45) is 0 Å². The molecule has 0 aliphatic heterocycles. The first kappa shape index (κ1) is 12.6. The molecule has 0 aliphatic carbocycles. The molecule has 0 radical (unpaired) electrons. The summed E-state index contributed by atoms with van der Waals surface area (Å²) in [5, 5.41) is 11.7. The highest BCUT2D eigenvalue weighted by Crippen LogP contribution is 2.36. The summed E-state index contributed by atoms with van der Waals surface area (Å²) < 4.78 is 14.6. The van der Waals surface area contributed by atoms with Gasteiger partial charge in [-0.25, -0.2) is 4.39 Å². The molecule has 4 heteroatoms. The van der Waals surface area contributed by atoms with Crippen molar-refractivity contribution in [1.82, 2.24) is 0 Å². The lowest BCUT2D eigenvalue weighted by atomic mass is 10.1. The zero-order chi connectivity index (χ0) is 12.4. The van der Waals surface area contributed by atoms with Crippen molar-refractivity contribution in [3.05, 3.63) is 46.6 Å². The Balaban J connectivity index is 2.41. The van der Waals surface area contributed by atoms with Gasteiger partial charge in [0, 0.05) is 4.90 Å². The van der Waals surface area contributed by atoms with Crippen LogP contribution in [0.5, 0.6) is 0 Å². The van der Waals surface area contributed by atoms with Gasteiger partial charge in [-0.15, -0.1) is 11.3 Å². The Morgan fingerprint density at radius 3 is 2.76 bits per heavy atom. The molecule has 0 fully saturated rings. The quantitative estimate of drug-likeness (QED) is 0.890. The smallest absolute Gasteiger partial charge is 0.126 e. The molecule has 1 atom stereocenters. The molecule has 1 nitrogen and oxygen atoms in total. The van der Waals surface area contributed by atoms with Crippen molar-refractivity contribution >= 4 is 23.1 Å². The Morgan fingerprint density at radius 2 is 2.18 bits per heavy atom. The second-order valence-corrected chi connectivity index (χ2v) is 6.14. The number of halogens is 1. The molecule has 0 saturated carbocycles. The van der Waals surface area contributed by atoms with E-state index in [0.717, 1.165) is 9.10 Å². The number of aliphatic hydroxyl groups is 1. The molecule has 0 bridgehead atoms. The maximum Gasteiger partial charge on any atom is 0.126 e. The van der Waals surface area contributed by atoms with Crippen LogP contribution < -0.4 is 0 Å². The third kappa shape index (κ3) is 2.89. The van der Waals surface area contributed by atoms with Crippen molar-refractivity contribution in [2.75, 3.05) is 0 Å². The molecule has 1 aromatic heterocycles. The van der Waals surface area contributed by atoms with Crippen LogP contribution in [0, 0.1) is 12.7 Å². The third-order valence-electron chi connectivity index (χ3n) is 2.45. The van der Waals surface area contributed by atoms with E-state index in [9.17, 15) is 9.50 Å². The molecule has 0 spiro atoms. The molecule has 17 heavy (non-hydrogen) atoms. The summed E-state index contributed by atoms with van der Waals surface area (Å²) in [7, 11) is 0. The SMILES string of the molecule is Cc1cc(Sc2cccs2)c([C@@H](C)O)cc1F. The summed E-state index contributed by atoms with van der Waals surface area (Å²) >= 11 is 3.20. The van der Waals surface area contributed by atoms with Gasteiger partial charge in [0.15, 0.2) is 0 Å². The highest BCUT2D eigenvalue weighted by molar-refractivity contribution is 8.01. The van der Waals surface area contributed by atoms with Crippen molar-refractivity contribution in [3.63, 3.8) is 0 Å². The largest absolute Gasteiger partial charge is 0.389 e. The van der Waals surface area contributed by atoms with Crippen LogP contribution in [0.1, 0.15) is 24.2 Å². The molecule has 2 rings (SSSR count). The van der Waals surface area contributed by atoms with Gasteiger partial charge < -0.3 is 5.11 Å². The fourth-order valence-corrected chi connectivity index (χ4v) is 3.54. The number of benzene rings is 1. The predicted octanol–water partition coefficient (Wildman–Crippen LogP) is 4.40. The summed E-state index contributed by atoms with van der Waals surface area (Å²) in [6, 6.07) is 7.21. The second-order valence-electron chi connectivity index (χ2n) is 3.85. The van der Waals surface area contributed by atoms with E-state index in [-0.39, 0.29) is 5.82 Å². The van der Waals surface area contributed by atoms with E-state index in [2.05, 4.69) is 0 Å². The maximum atomic E-state index is 13.5. The Labute approximate surface area is 108 Å². The minimum atomic E-state index is -0.660. The summed E-state index contributed by atoms with van der Waals surface area (Å²) in [5.41, 5.74) is 1.25. The molecule has 2 aromatic rings. The zero-order valence-corrected chi connectivity index (χ0v) is 11.2. The average Bonchev–Trinajstić information content (AvgIpc) is 2.75. The topological polar surface area (TPSA) is 20.2 Å². The van der Waals surface area contributed by atoms with E-state index >= 15 is 0 Å². The fourth-order valence-electron chi connectivity index (χ4n) is 1.52. The molecule has 1 N–H and O–H groups in total. The summed E-state index contributed by atoms with van der Waals surface area (Å²) in [6.07, 6.45) is -0.660. The molecule has 0 saturated heterocycles. The number of hydrogen-bond acceptors (Lipinski definition) is 3. The van der Waals surface area contributed by atoms with Crippen LogP contribution in [0.2, 0.25) is 0 Å². The molecule has 0 amide bonds. The molecular weight excluding hydrogens is 255 g/mol. The van der Waals surface area contributed by atoms with Gasteiger partial charge in [0.25, 0.3) is 0 Å². The van der Waals surface area contributed by atoms with Gasteiger partial charge >= 0.3 is 0 Å². The van der Waals surface area contributed by atoms with Gasteiger partial charge in [0.2, 0.25) is 0 Å². The molecule has 90 valence electrons. The second kappa shape index (κ2) is 5.21. The number of thiophene rings is 1. The Morgan fingerprint density at radius 1 is 1.41 bits per heavy atom. The normalized spacial score (nSPS) is 12.7.